The van der Waals surface area contributed by atoms with Crippen molar-refractivity contribution in [2.45, 2.75) is 50.5 Å². The Kier molecular flexibility index (Phi) is 3.80. The molecule has 0 unspecified atom stereocenters. The zero-order chi connectivity index (χ0) is 11.6. The molecule has 2 nitrogen and oxygen atoms in total. The summed E-state index contributed by atoms with van der Waals surface area (Å²) in [5, 5.41) is 0. The lowest BCUT2D eigenvalue weighted by Gasteiger charge is -2.40. The Morgan fingerprint density at radius 2 is 1.62 bits per heavy atom. The Hall–Kier alpha value is -0.220. The highest BCUT2D eigenvalue weighted by Crippen LogP contribution is 2.36. The summed E-state index contributed by atoms with van der Waals surface area (Å²) in [6, 6.07) is 0.401. The van der Waals surface area contributed by atoms with Crippen LogP contribution in [-0.4, -0.2) is 36.5 Å². The van der Waals surface area contributed by atoms with Gasteiger partial charge in [0.1, 0.15) is 0 Å². The fraction of sp³-hybridized carbons (Fsp3) is 1.00. The molecular weight excluding hydrogens is 210 g/mol. The minimum atomic E-state index is -2.40. The van der Waals surface area contributed by atoms with Gasteiger partial charge in [0.2, 0.25) is 5.92 Å². The number of likely N-dealkylation sites (tertiary alicyclic amines) is 1. The fourth-order valence-electron chi connectivity index (χ4n) is 2.94. The lowest BCUT2D eigenvalue weighted by atomic mass is 9.88. The van der Waals surface area contributed by atoms with Crippen molar-refractivity contribution in [1.82, 2.24) is 4.90 Å². The lowest BCUT2D eigenvalue weighted by molar-refractivity contribution is -0.0566. The third-order valence-corrected chi connectivity index (χ3v) is 4.19. The van der Waals surface area contributed by atoms with Gasteiger partial charge in [0.15, 0.2) is 0 Å². The monoisotopic (exact) mass is 232 g/mol. The zero-order valence-corrected chi connectivity index (χ0v) is 9.80. The molecule has 2 fully saturated rings. The quantitative estimate of drug-likeness (QED) is 0.791. The Balaban J connectivity index is 1.78. The molecule has 94 valence electrons. The van der Waals surface area contributed by atoms with E-state index in [1.54, 1.807) is 0 Å². The summed E-state index contributed by atoms with van der Waals surface area (Å²) < 4.78 is 26.1. The van der Waals surface area contributed by atoms with Crippen LogP contribution in [-0.2, 0) is 0 Å². The van der Waals surface area contributed by atoms with Crippen LogP contribution in [0.3, 0.4) is 0 Å². The summed E-state index contributed by atoms with van der Waals surface area (Å²) in [5.41, 5.74) is 5.65. The van der Waals surface area contributed by atoms with Crippen molar-refractivity contribution in [3.63, 3.8) is 0 Å². The smallest absolute Gasteiger partial charge is 0.248 e. The molecule has 16 heavy (non-hydrogen) atoms. The lowest BCUT2D eigenvalue weighted by Crippen LogP contribution is -2.45. The van der Waals surface area contributed by atoms with E-state index in [9.17, 15) is 8.78 Å². The fourth-order valence-corrected chi connectivity index (χ4v) is 2.94. The average molecular weight is 232 g/mol. The van der Waals surface area contributed by atoms with Gasteiger partial charge in [-0.1, -0.05) is 0 Å². The van der Waals surface area contributed by atoms with E-state index in [4.69, 9.17) is 5.73 Å². The molecule has 0 aromatic heterocycles. The molecule has 2 rings (SSSR count). The molecule has 0 aromatic carbocycles. The minimum absolute atomic E-state index is 0.0779. The molecule has 2 aliphatic rings. The molecule has 1 aliphatic carbocycles. The topological polar surface area (TPSA) is 29.3 Å². The van der Waals surface area contributed by atoms with E-state index in [-0.39, 0.29) is 12.8 Å². The maximum absolute atomic E-state index is 13.0. The SMILES string of the molecule is NCC1CCN(C2CCC(F)(F)CC2)CC1. The van der Waals surface area contributed by atoms with Gasteiger partial charge in [0.05, 0.1) is 0 Å². The first-order chi connectivity index (χ1) is 7.61. The van der Waals surface area contributed by atoms with E-state index in [2.05, 4.69) is 4.90 Å². The zero-order valence-electron chi connectivity index (χ0n) is 9.80. The molecule has 1 heterocycles. The number of nitrogens with two attached hydrogens (primary N) is 1. The van der Waals surface area contributed by atoms with Crippen molar-refractivity contribution in [3.05, 3.63) is 0 Å². The summed E-state index contributed by atoms with van der Waals surface area (Å²) >= 11 is 0. The Bertz CT molecular complexity index is 215. The minimum Gasteiger partial charge on any atom is -0.330 e. The van der Waals surface area contributed by atoms with Crippen LogP contribution >= 0.6 is 0 Å². The van der Waals surface area contributed by atoms with E-state index < -0.39 is 5.92 Å². The molecule has 1 saturated carbocycles. The van der Waals surface area contributed by atoms with Crippen LogP contribution in [0.5, 0.6) is 0 Å². The summed E-state index contributed by atoms with van der Waals surface area (Å²) in [6.45, 7) is 2.88. The van der Waals surface area contributed by atoms with Crippen LogP contribution in [0, 0.1) is 5.92 Å². The van der Waals surface area contributed by atoms with E-state index >= 15 is 0 Å². The van der Waals surface area contributed by atoms with Gasteiger partial charge in [-0.05, 0) is 51.2 Å². The van der Waals surface area contributed by atoms with Crippen LogP contribution in [0.2, 0.25) is 0 Å². The van der Waals surface area contributed by atoms with E-state index in [1.807, 2.05) is 0 Å². The average Bonchev–Trinajstić information content (AvgIpc) is 2.29. The largest absolute Gasteiger partial charge is 0.330 e. The first-order valence-electron chi connectivity index (χ1n) is 6.43. The van der Waals surface area contributed by atoms with Gasteiger partial charge >= 0.3 is 0 Å². The number of rotatable bonds is 2. The second kappa shape index (κ2) is 4.96. The van der Waals surface area contributed by atoms with Crippen molar-refractivity contribution in [2.75, 3.05) is 19.6 Å². The number of hydrogen-bond acceptors (Lipinski definition) is 2. The summed E-state index contributed by atoms with van der Waals surface area (Å²) in [4.78, 5) is 2.40. The molecule has 2 N–H and O–H groups in total. The predicted molar refractivity (Wildman–Crippen MR) is 60.6 cm³/mol. The Morgan fingerprint density at radius 3 is 2.12 bits per heavy atom. The van der Waals surface area contributed by atoms with Crippen molar-refractivity contribution in [3.8, 4) is 0 Å². The molecule has 0 atom stereocenters. The van der Waals surface area contributed by atoms with Gasteiger partial charge in [0.25, 0.3) is 0 Å². The van der Waals surface area contributed by atoms with Gasteiger partial charge in [-0.3, -0.25) is 0 Å². The van der Waals surface area contributed by atoms with Crippen LogP contribution < -0.4 is 5.73 Å². The second-order valence-corrected chi connectivity index (χ2v) is 5.30. The van der Waals surface area contributed by atoms with Gasteiger partial charge < -0.3 is 10.6 Å². The van der Waals surface area contributed by atoms with Gasteiger partial charge in [0, 0.05) is 18.9 Å². The first kappa shape index (κ1) is 12.2. The van der Waals surface area contributed by atoms with Gasteiger partial charge in [-0.2, -0.15) is 0 Å². The van der Waals surface area contributed by atoms with Crippen molar-refractivity contribution >= 4 is 0 Å². The van der Waals surface area contributed by atoms with Crippen molar-refractivity contribution < 1.29 is 8.78 Å². The van der Waals surface area contributed by atoms with Crippen LogP contribution in [0.15, 0.2) is 0 Å². The molecule has 0 aromatic rings. The molecule has 1 saturated heterocycles. The number of piperidine rings is 1. The van der Waals surface area contributed by atoms with Crippen LogP contribution in [0.4, 0.5) is 8.78 Å². The molecule has 0 radical (unpaired) electrons. The number of hydrogen-bond donors (Lipinski definition) is 1. The van der Waals surface area contributed by atoms with E-state index in [0.717, 1.165) is 32.5 Å². The Morgan fingerprint density at radius 1 is 1.06 bits per heavy atom. The van der Waals surface area contributed by atoms with E-state index in [1.165, 1.54) is 0 Å². The summed E-state index contributed by atoms with van der Waals surface area (Å²) in [6.07, 6.45) is 3.77. The normalized spacial score (nSPS) is 29.4. The highest BCUT2D eigenvalue weighted by molar-refractivity contribution is 4.85. The molecule has 4 heteroatoms. The highest BCUT2D eigenvalue weighted by atomic mass is 19.3. The molecular formula is C12H22F2N2. The second-order valence-electron chi connectivity index (χ2n) is 5.30. The van der Waals surface area contributed by atoms with Crippen molar-refractivity contribution in [2.24, 2.45) is 11.7 Å². The Labute approximate surface area is 96.2 Å². The van der Waals surface area contributed by atoms with Crippen molar-refractivity contribution in [1.29, 1.82) is 0 Å². The third kappa shape index (κ3) is 2.92. The maximum Gasteiger partial charge on any atom is 0.248 e. The van der Waals surface area contributed by atoms with Gasteiger partial charge in [-0.15, -0.1) is 0 Å². The number of halogens is 2. The summed E-state index contributed by atoms with van der Waals surface area (Å²) in [7, 11) is 0. The standard InChI is InChI=1S/C12H22F2N2/c13-12(14)5-1-11(2-6-12)16-7-3-10(9-15)4-8-16/h10-11H,1-9,15H2. The van der Waals surface area contributed by atoms with E-state index in [0.29, 0.717) is 24.8 Å². The predicted octanol–water partition coefficient (Wildman–Crippen LogP) is 2.24. The highest BCUT2D eigenvalue weighted by Gasteiger charge is 2.37. The molecule has 0 amide bonds. The number of alkyl halides is 2. The maximum atomic E-state index is 13.0. The molecule has 1 aliphatic heterocycles. The van der Waals surface area contributed by atoms with Crippen LogP contribution in [0.25, 0.3) is 0 Å². The summed E-state index contributed by atoms with van der Waals surface area (Å²) in [5.74, 6) is -1.74. The molecule has 0 spiro atoms. The first-order valence-corrected chi connectivity index (χ1v) is 6.43. The number of nitrogens with zero attached hydrogens (tertiary/aromatic N) is 1. The molecule has 0 bridgehead atoms. The van der Waals surface area contributed by atoms with Crippen LogP contribution in [0.1, 0.15) is 38.5 Å². The van der Waals surface area contributed by atoms with Gasteiger partial charge in [-0.25, -0.2) is 8.78 Å². The third-order valence-electron chi connectivity index (χ3n) is 4.19.